The number of benzene rings is 1. The zero-order chi connectivity index (χ0) is 8.43. The molecular formula is C8H5BF2. The van der Waals surface area contributed by atoms with Crippen LogP contribution in [0.5, 0.6) is 0 Å². The molecule has 0 N–H and O–H groups in total. The fraction of sp³-hybridized carbons (Fsp3) is 0. The summed E-state index contributed by atoms with van der Waals surface area (Å²) in [5.41, 5.74) is 0.461. The van der Waals surface area contributed by atoms with Crippen LogP contribution in [0, 0.1) is 24.0 Å². The summed E-state index contributed by atoms with van der Waals surface area (Å²) in [4.78, 5) is 0. The largest absolute Gasteiger partial charge is 0.208 e. The molecule has 0 saturated carbocycles. The van der Waals surface area contributed by atoms with Gasteiger partial charge in [0.15, 0.2) is 0 Å². The van der Waals surface area contributed by atoms with Gasteiger partial charge in [0.1, 0.15) is 19.5 Å². The highest BCUT2D eigenvalue weighted by atomic mass is 19.1. The van der Waals surface area contributed by atoms with Gasteiger partial charge < -0.3 is 0 Å². The van der Waals surface area contributed by atoms with Crippen molar-refractivity contribution in [2.24, 2.45) is 0 Å². The molecule has 0 spiro atoms. The van der Waals surface area contributed by atoms with Crippen molar-refractivity contribution in [3.63, 3.8) is 0 Å². The molecular weight excluding hydrogens is 145 g/mol. The highest BCUT2D eigenvalue weighted by Gasteiger charge is 2.03. The SMILES string of the molecule is Bc1cc(C#C)c(F)cc1F. The number of terminal acetylenes is 1. The molecule has 54 valence electrons. The Bertz CT molecular complexity index is 326. The third kappa shape index (κ3) is 1.40. The molecule has 1 aromatic carbocycles. The lowest BCUT2D eigenvalue weighted by molar-refractivity contribution is 0.586. The molecule has 3 heteroatoms. The monoisotopic (exact) mass is 150 g/mol. The fourth-order valence-corrected chi connectivity index (χ4v) is 0.768. The van der Waals surface area contributed by atoms with E-state index in [1.165, 1.54) is 13.9 Å². The first kappa shape index (κ1) is 7.81. The van der Waals surface area contributed by atoms with E-state index in [-0.39, 0.29) is 5.56 Å². The van der Waals surface area contributed by atoms with Crippen molar-refractivity contribution in [1.82, 2.24) is 0 Å². The quantitative estimate of drug-likeness (QED) is 0.366. The normalized spacial score (nSPS) is 9.18. The van der Waals surface area contributed by atoms with E-state index >= 15 is 0 Å². The summed E-state index contributed by atoms with van der Waals surface area (Å²) in [7, 11) is 1.54. The second-order valence-corrected chi connectivity index (χ2v) is 2.23. The molecule has 0 heterocycles. The first-order valence-electron chi connectivity index (χ1n) is 3.07. The summed E-state index contributed by atoms with van der Waals surface area (Å²) in [6, 6.07) is 2.11. The number of rotatable bonds is 0. The lowest BCUT2D eigenvalue weighted by atomic mass is 9.93. The average Bonchev–Trinajstić information content (AvgIpc) is 1.97. The van der Waals surface area contributed by atoms with E-state index in [9.17, 15) is 8.78 Å². The summed E-state index contributed by atoms with van der Waals surface area (Å²) in [6.07, 6.45) is 4.96. The van der Waals surface area contributed by atoms with Gasteiger partial charge in [-0.2, -0.15) is 0 Å². The van der Waals surface area contributed by atoms with E-state index in [4.69, 9.17) is 6.42 Å². The Labute approximate surface area is 64.6 Å². The zero-order valence-corrected chi connectivity index (χ0v) is 5.99. The summed E-state index contributed by atoms with van der Waals surface area (Å²) < 4.78 is 25.2. The van der Waals surface area contributed by atoms with Gasteiger partial charge in [-0.25, -0.2) is 8.78 Å². The minimum Gasteiger partial charge on any atom is -0.208 e. The van der Waals surface area contributed by atoms with Crippen LogP contribution in [0.2, 0.25) is 0 Å². The van der Waals surface area contributed by atoms with E-state index < -0.39 is 11.6 Å². The number of hydrogen-bond donors (Lipinski definition) is 0. The van der Waals surface area contributed by atoms with Crippen molar-refractivity contribution >= 4 is 13.3 Å². The second-order valence-electron chi connectivity index (χ2n) is 2.23. The van der Waals surface area contributed by atoms with Crippen molar-refractivity contribution in [2.45, 2.75) is 0 Å². The van der Waals surface area contributed by atoms with Crippen LogP contribution >= 0.6 is 0 Å². The molecule has 0 unspecified atom stereocenters. The average molecular weight is 150 g/mol. The Hall–Kier alpha value is -1.30. The van der Waals surface area contributed by atoms with Crippen molar-refractivity contribution in [2.75, 3.05) is 0 Å². The van der Waals surface area contributed by atoms with Crippen LogP contribution in [-0.2, 0) is 0 Å². The second kappa shape index (κ2) is 2.75. The predicted molar refractivity (Wildman–Crippen MR) is 42.5 cm³/mol. The number of hydrogen-bond acceptors (Lipinski definition) is 0. The molecule has 0 aliphatic heterocycles. The van der Waals surface area contributed by atoms with Crippen LogP contribution < -0.4 is 5.46 Å². The molecule has 0 radical (unpaired) electrons. The summed E-state index contributed by atoms with van der Waals surface area (Å²) in [6.45, 7) is 0. The number of halogens is 2. The van der Waals surface area contributed by atoms with Gasteiger partial charge in [-0.1, -0.05) is 11.4 Å². The Kier molecular flexibility index (Phi) is 1.95. The fourth-order valence-electron chi connectivity index (χ4n) is 0.768. The molecule has 0 aromatic heterocycles. The molecule has 0 nitrogen and oxygen atoms in total. The van der Waals surface area contributed by atoms with E-state index in [2.05, 4.69) is 5.92 Å². The van der Waals surface area contributed by atoms with Crippen LogP contribution in [0.3, 0.4) is 0 Å². The van der Waals surface area contributed by atoms with Gasteiger partial charge >= 0.3 is 0 Å². The molecule has 0 aliphatic rings. The lowest BCUT2D eigenvalue weighted by Gasteiger charge is -1.98. The predicted octanol–water partition coefficient (Wildman–Crippen LogP) is 0.205. The highest BCUT2D eigenvalue weighted by molar-refractivity contribution is 6.32. The Morgan fingerprint density at radius 1 is 1.27 bits per heavy atom. The maximum atomic E-state index is 12.6. The molecule has 1 rings (SSSR count). The van der Waals surface area contributed by atoms with Gasteiger partial charge in [0.05, 0.1) is 5.56 Å². The van der Waals surface area contributed by atoms with Crippen LogP contribution in [-0.4, -0.2) is 7.85 Å². The van der Waals surface area contributed by atoms with Crippen molar-refractivity contribution in [1.29, 1.82) is 0 Å². The standard InChI is InChI=1S/C8H5BF2/c1-2-5-3-6(9)8(11)4-7(5)10/h1,3-4H,9H2. The van der Waals surface area contributed by atoms with Crippen LogP contribution in [0.25, 0.3) is 0 Å². The van der Waals surface area contributed by atoms with E-state index in [0.717, 1.165) is 6.07 Å². The van der Waals surface area contributed by atoms with Crippen molar-refractivity contribution < 1.29 is 8.78 Å². The zero-order valence-electron chi connectivity index (χ0n) is 5.99. The summed E-state index contributed by atoms with van der Waals surface area (Å²) >= 11 is 0. The van der Waals surface area contributed by atoms with Gasteiger partial charge in [-0.05, 0) is 6.07 Å². The van der Waals surface area contributed by atoms with Gasteiger partial charge in [0.25, 0.3) is 0 Å². The third-order valence-electron chi connectivity index (χ3n) is 1.40. The molecule has 0 atom stereocenters. The Balaban J connectivity index is 3.35. The molecule has 0 bridgehead atoms. The van der Waals surface area contributed by atoms with Gasteiger partial charge in [-0.3, -0.25) is 0 Å². The molecule has 0 fully saturated rings. The van der Waals surface area contributed by atoms with E-state index in [1.807, 2.05) is 0 Å². The first-order chi connectivity index (χ1) is 5.15. The van der Waals surface area contributed by atoms with Gasteiger partial charge in [0, 0.05) is 6.07 Å². The molecule has 1 aromatic rings. The Morgan fingerprint density at radius 3 is 2.45 bits per heavy atom. The molecule has 11 heavy (non-hydrogen) atoms. The smallest absolute Gasteiger partial charge is 0.143 e. The summed E-state index contributed by atoms with van der Waals surface area (Å²) in [5, 5.41) is 0. The Morgan fingerprint density at radius 2 is 1.91 bits per heavy atom. The highest BCUT2D eigenvalue weighted by Crippen LogP contribution is 2.04. The van der Waals surface area contributed by atoms with Crippen LogP contribution in [0.4, 0.5) is 8.78 Å². The summed E-state index contributed by atoms with van der Waals surface area (Å²) in [5.74, 6) is 0.869. The van der Waals surface area contributed by atoms with Crippen LogP contribution in [0.15, 0.2) is 12.1 Å². The van der Waals surface area contributed by atoms with Gasteiger partial charge in [0.2, 0.25) is 0 Å². The molecule has 0 saturated heterocycles. The minimum atomic E-state index is -0.685. The maximum Gasteiger partial charge on any atom is 0.143 e. The van der Waals surface area contributed by atoms with Gasteiger partial charge in [-0.15, -0.1) is 6.42 Å². The first-order valence-corrected chi connectivity index (χ1v) is 3.07. The van der Waals surface area contributed by atoms with Crippen molar-refractivity contribution in [3.8, 4) is 12.3 Å². The minimum absolute atomic E-state index is 0.101. The van der Waals surface area contributed by atoms with E-state index in [0.29, 0.717) is 5.46 Å². The van der Waals surface area contributed by atoms with Crippen LogP contribution in [0.1, 0.15) is 5.56 Å². The lowest BCUT2D eigenvalue weighted by Crippen LogP contribution is -2.09. The molecule has 0 aliphatic carbocycles. The van der Waals surface area contributed by atoms with Crippen molar-refractivity contribution in [3.05, 3.63) is 29.3 Å². The van der Waals surface area contributed by atoms with E-state index in [1.54, 1.807) is 0 Å². The molecule has 0 amide bonds. The maximum absolute atomic E-state index is 12.6. The third-order valence-corrected chi connectivity index (χ3v) is 1.40. The topological polar surface area (TPSA) is 0 Å².